The third kappa shape index (κ3) is 4.10. The number of esters is 1. The van der Waals surface area contributed by atoms with Crippen molar-refractivity contribution in [2.75, 3.05) is 20.3 Å². The molecule has 1 atom stereocenters. The summed E-state index contributed by atoms with van der Waals surface area (Å²) >= 11 is 1.04. The van der Waals surface area contributed by atoms with Crippen LogP contribution in [0.15, 0.2) is 35.6 Å². The molecule has 8 nitrogen and oxygen atoms in total. The fraction of sp³-hybridized carbons (Fsp3) is 0.368. The fourth-order valence-corrected chi connectivity index (χ4v) is 3.77. The van der Waals surface area contributed by atoms with E-state index in [0.717, 1.165) is 28.2 Å². The largest absolute Gasteiger partial charge is 0.465 e. The molecule has 28 heavy (non-hydrogen) atoms. The lowest BCUT2D eigenvalue weighted by Gasteiger charge is -2.13. The molecule has 0 bridgehead atoms. The van der Waals surface area contributed by atoms with Gasteiger partial charge >= 0.3 is 5.97 Å². The summed E-state index contributed by atoms with van der Waals surface area (Å²) < 4.78 is 12.1. The molecule has 0 radical (unpaired) electrons. The van der Waals surface area contributed by atoms with E-state index in [1.807, 2.05) is 35.0 Å². The number of aromatic nitrogens is 4. The normalized spacial score (nSPS) is 12.2. The molecule has 0 fully saturated rings. The molecule has 0 spiro atoms. The number of benzene rings is 1. The summed E-state index contributed by atoms with van der Waals surface area (Å²) in [7, 11) is 1.61. The quantitative estimate of drug-likeness (QED) is 0.334. The number of hydrogen-bond acceptors (Lipinski definition) is 7. The number of ketones is 1. The molecule has 3 rings (SSSR count). The standard InChI is InChI=1S/C19H22N4O4S/c1-4-27-18(25)16(12(2)24)28-19-22-21-17(23(19)9-10-26-3)14-11-20-15-8-6-5-7-13(14)15/h5-8,11,16,20H,4,9-10H2,1-3H3/t16-/m1/s1. The third-order valence-electron chi connectivity index (χ3n) is 4.16. The molecule has 2 aromatic heterocycles. The van der Waals surface area contributed by atoms with Gasteiger partial charge in [0.05, 0.1) is 19.8 Å². The van der Waals surface area contributed by atoms with E-state index in [0.29, 0.717) is 24.1 Å². The van der Waals surface area contributed by atoms with Crippen LogP contribution >= 0.6 is 11.8 Å². The predicted octanol–water partition coefficient (Wildman–Crippen LogP) is 2.69. The Kier molecular flexibility index (Phi) is 6.48. The van der Waals surface area contributed by atoms with E-state index in [4.69, 9.17) is 9.47 Å². The van der Waals surface area contributed by atoms with Gasteiger partial charge in [-0.15, -0.1) is 10.2 Å². The Bertz CT molecular complexity index is 981. The Balaban J connectivity index is 2.00. The van der Waals surface area contributed by atoms with Crippen molar-refractivity contribution >= 4 is 34.4 Å². The number of nitrogens with one attached hydrogen (secondary N) is 1. The topological polar surface area (TPSA) is 99.1 Å². The molecule has 0 saturated carbocycles. The van der Waals surface area contributed by atoms with Crippen molar-refractivity contribution in [3.05, 3.63) is 30.5 Å². The second kappa shape index (κ2) is 9.03. The summed E-state index contributed by atoms with van der Waals surface area (Å²) in [5.41, 5.74) is 1.88. The second-order valence-corrected chi connectivity index (χ2v) is 7.13. The average molecular weight is 402 g/mol. The number of aromatic amines is 1. The summed E-state index contributed by atoms with van der Waals surface area (Å²) in [6.45, 7) is 4.19. The monoisotopic (exact) mass is 402 g/mol. The van der Waals surface area contributed by atoms with Gasteiger partial charge in [-0.2, -0.15) is 0 Å². The zero-order chi connectivity index (χ0) is 20.1. The van der Waals surface area contributed by atoms with Crippen LogP contribution in [0.25, 0.3) is 22.3 Å². The molecular weight excluding hydrogens is 380 g/mol. The first-order valence-corrected chi connectivity index (χ1v) is 9.77. The Morgan fingerprint density at radius 3 is 2.79 bits per heavy atom. The minimum Gasteiger partial charge on any atom is -0.465 e. The zero-order valence-electron chi connectivity index (χ0n) is 16.0. The molecule has 0 aliphatic rings. The first-order valence-electron chi connectivity index (χ1n) is 8.89. The molecular formula is C19H22N4O4S. The van der Waals surface area contributed by atoms with E-state index < -0.39 is 11.2 Å². The maximum atomic E-state index is 12.2. The number of nitrogens with zero attached hydrogens (tertiary/aromatic N) is 3. The molecule has 9 heteroatoms. The van der Waals surface area contributed by atoms with E-state index in [2.05, 4.69) is 15.2 Å². The van der Waals surface area contributed by atoms with Gasteiger partial charge in [-0.05, 0) is 19.9 Å². The maximum absolute atomic E-state index is 12.2. The van der Waals surface area contributed by atoms with Crippen LogP contribution in [0.2, 0.25) is 0 Å². The number of thioether (sulfide) groups is 1. The number of methoxy groups -OCH3 is 1. The minimum atomic E-state index is -0.985. The van der Waals surface area contributed by atoms with Crippen molar-refractivity contribution in [3.8, 4) is 11.4 Å². The molecule has 0 amide bonds. The summed E-state index contributed by atoms with van der Waals surface area (Å²) in [5.74, 6) is -0.225. The lowest BCUT2D eigenvalue weighted by Crippen LogP contribution is -2.27. The van der Waals surface area contributed by atoms with Gasteiger partial charge in [-0.3, -0.25) is 14.2 Å². The van der Waals surface area contributed by atoms with Crippen LogP contribution in [0.3, 0.4) is 0 Å². The molecule has 1 N–H and O–H groups in total. The SMILES string of the molecule is CCOC(=O)[C@H](Sc1nnc(-c2c[nH]c3ccccc23)n1CCOC)C(C)=O. The first kappa shape index (κ1) is 20.1. The zero-order valence-corrected chi connectivity index (χ0v) is 16.8. The van der Waals surface area contributed by atoms with Gasteiger partial charge in [0.1, 0.15) is 0 Å². The van der Waals surface area contributed by atoms with Crippen LogP contribution in [0, 0.1) is 0 Å². The van der Waals surface area contributed by atoms with Gasteiger partial charge in [0.25, 0.3) is 0 Å². The Hall–Kier alpha value is -2.65. The second-order valence-electron chi connectivity index (χ2n) is 6.06. The van der Waals surface area contributed by atoms with Gasteiger partial charge < -0.3 is 14.5 Å². The van der Waals surface area contributed by atoms with Gasteiger partial charge in [-0.25, -0.2) is 0 Å². The van der Waals surface area contributed by atoms with Crippen LogP contribution in [0.4, 0.5) is 0 Å². The van der Waals surface area contributed by atoms with Crippen LogP contribution in [-0.2, 0) is 25.6 Å². The Morgan fingerprint density at radius 2 is 2.07 bits per heavy atom. The number of Topliss-reactive ketones (excluding diaryl/α,β-unsaturated/α-hetero) is 1. The molecule has 3 aromatic rings. The number of H-pyrrole nitrogens is 1. The molecule has 0 saturated heterocycles. The number of fused-ring (bicyclic) bond motifs is 1. The highest BCUT2D eigenvalue weighted by Gasteiger charge is 2.29. The summed E-state index contributed by atoms with van der Waals surface area (Å²) in [4.78, 5) is 27.4. The number of ether oxygens (including phenoxy) is 2. The van der Waals surface area contributed by atoms with Crippen molar-refractivity contribution in [2.24, 2.45) is 0 Å². The Morgan fingerprint density at radius 1 is 1.29 bits per heavy atom. The molecule has 0 aliphatic carbocycles. The highest BCUT2D eigenvalue weighted by atomic mass is 32.2. The van der Waals surface area contributed by atoms with Gasteiger partial charge in [0.2, 0.25) is 0 Å². The van der Waals surface area contributed by atoms with Crippen LogP contribution < -0.4 is 0 Å². The van der Waals surface area contributed by atoms with Gasteiger partial charge in [0, 0.05) is 29.8 Å². The lowest BCUT2D eigenvalue weighted by molar-refractivity contribution is -0.144. The van der Waals surface area contributed by atoms with Crippen molar-refractivity contribution in [2.45, 2.75) is 30.8 Å². The van der Waals surface area contributed by atoms with Gasteiger partial charge in [0.15, 0.2) is 22.0 Å². The van der Waals surface area contributed by atoms with Crippen LogP contribution in [0.1, 0.15) is 13.8 Å². The van der Waals surface area contributed by atoms with E-state index in [-0.39, 0.29) is 12.4 Å². The van der Waals surface area contributed by atoms with E-state index >= 15 is 0 Å². The third-order valence-corrected chi connectivity index (χ3v) is 5.43. The number of rotatable bonds is 9. The van der Waals surface area contributed by atoms with E-state index in [1.54, 1.807) is 14.0 Å². The minimum absolute atomic E-state index is 0.208. The number of para-hydroxylation sites is 1. The lowest BCUT2D eigenvalue weighted by atomic mass is 10.1. The van der Waals surface area contributed by atoms with Crippen LogP contribution in [0.5, 0.6) is 0 Å². The van der Waals surface area contributed by atoms with Crippen molar-refractivity contribution in [3.63, 3.8) is 0 Å². The first-order chi connectivity index (χ1) is 13.6. The van der Waals surface area contributed by atoms with Crippen molar-refractivity contribution < 1.29 is 19.1 Å². The molecule has 2 heterocycles. The smallest absolute Gasteiger partial charge is 0.327 e. The molecule has 0 aliphatic heterocycles. The van der Waals surface area contributed by atoms with E-state index in [9.17, 15) is 9.59 Å². The number of carbonyl (C=O) groups is 2. The summed E-state index contributed by atoms with van der Waals surface area (Å²) in [5, 5.41) is 9.07. The van der Waals surface area contributed by atoms with E-state index in [1.165, 1.54) is 6.92 Å². The highest BCUT2D eigenvalue weighted by Crippen LogP contribution is 2.31. The fourth-order valence-electron chi connectivity index (χ4n) is 2.84. The number of hydrogen-bond donors (Lipinski definition) is 1. The molecule has 148 valence electrons. The van der Waals surface area contributed by atoms with Crippen LogP contribution in [-0.4, -0.2) is 57.1 Å². The summed E-state index contributed by atoms with van der Waals surface area (Å²) in [6, 6.07) is 7.89. The van der Waals surface area contributed by atoms with Crippen molar-refractivity contribution in [1.82, 2.24) is 19.7 Å². The number of carbonyl (C=O) groups excluding carboxylic acids is 2. The Labute approximate surface area is 166 Å². The maximum Gasteiger partial charge on any atom is 0.327 e. The van der Waals surface area contributed by atoms with Gasteiger partial charge in [-0.1, -0.05) is 30.0 Å². The summed E-state index contributed by atoms with van der Waals surface area (Å²) in [6.07, 6.45) is 1.88. The highest BCUT2D eigenvalue weighted by molar-refractivity contribution is 8.01. The molecule has 1 aromatic carbocycles. The molecule has 0 unspecified atom stereocenters. The average Bonchev–Trinajstić information content (AvgIpc) is 3.27. The predicted molar refractivity (Wildman–Crippen MR) is 106 cm³/mol. The van der Waals surface area contributed by atoms with Crippen molar-refractivity contribution in [1.29, 1.82) is 0 Å².